The first-order valence-corrected chi connectivity index (χ1v) is 10.8. The van der Waals surface area contributed by atoms with Gasteiger partial charge in [-0.05, 0) is 43.0 Å². The minimum atomic E-state index is -0.644. The van der Waals surface area contributed by atoms with E-state index in [0.717, 1.165) is 35.1 Å². The summed E-state index contributed by atoms with van der Waals surface area (Å²) in [5.74, 6) is 6.47. The Labute approximate surface area is 192 Å². The number of nitrogens with one attached hydrogen (secondary N) is 1. The molecule has 0 aliphatic heterocycles. The number of benzene rings is 2. The average Bonchev–Trinajstić information content (AvgIpc) is 3.55. The van der Waals surface area contributed by atoms with E-state index in [9.17, 15) is 9.59 Å². The third-order valence-electron chi connectivity index (χ3n) is 5.43. The van der Waals surface area contributed by atoms with Crippen LogP contribution in [0.25, 0.3) is 11.1 Å². The fraction of sp³-hybridized carbons (Fsp3) is 0.269. The molecule has 0 spiro atoms. The van der Waals surface area contributed by atoms with Crippen LogP contribution in [0.1, 0.15) is 30.9 Å². The van der Waals surface area contributed by atoms with Crippen LogP contribution in [0.3, 0.4) is 0 Å². The highest BCUT2D eigenvalue weighted by atomic mass is 16.5. The number of nitrogens with zero attached hydrogens (tertiary/aromatic N) is 2. The van der Waals surface area contributed by atoms with Crippen LogP contribution in [0.4, 0.5) is 10.6 Å². The fourth-order valence-corrected chi connectivity index (χ4v) is 3.35. The van der Waals surface area contributed by atoms with Crippen LogP contribution in [0.5, 0.6) is 0 Å². The van der Waals surface area contributed by atoms with Gasteiger partial charge in [0, 0.05) is 18.2 Å². The second kappa shape index (κ2) is 9.61. The number of hydrogen-bond donors (Lipinski definition) is 1. The molecule has 1 fully saturated rings. The van der Waals surface area contributed by atoms with Gasteiger partial charge in [0.25, 0.3) is 0 Å². The average molecular weight is 444 g/mol. The molecule has 1 aromatic heterocycles. The van der Waals surface area contributed by atoms with Crippen LogP contribution in [-0.4, -0.2) is 28.4 Å². The molecule has 1 heterocycles. The van der Waals surface area contributed by atoms with Gasteiger partial charge in [-0.3, -0.25) is 14.8 Å². The summed E-state index contributed by atoms with van der Waals surface area (Å²) in [6, 6.07) is 17.1. The van der Waals surface area contributed by atoms with Gasteiger partial charge in [0.2, 0.25) is 0 Å². The number of esters is 1. The smallest absolute Gasteiger partial charge is 0.413 e. The molecule has 0 atom stereocenters. The van der Waals surface area contributed by atoms with Crippen molar-refractivity contribution in [2.24, 2.45) is 12.5 Å². The van der Waals surface area contributed by atoms with Crippen LogP contribution in [0.15, 0.2) is 60.8 Å². The predicted molar refractivity (Wildman–Crippen MR) is 124 cm³/mol. The van der Waals surface area contributed by atoms with E-state index in [1.807, 2.05) is 54.6 Å². The van der Waals surface area contributed by atoms with Crippen LogP contribution in [0.2, 0.25) is 0 Å². The zero-order chi connectivity index (χ0) is 23.3. The van der Waals surface area contributed by atoms with Gasteiger partial charge in [0.05, 0.1) is 12.8 Å². The van der Waals surface area contributed by atoms with Gasteiger partial charge < -0.3 is 9.47 Å². The van der Waals surface area contributed by atoms with E-state index >= 15 is 0 Å². The Morgan fingerprint density at radius 3 is 2.48 bits per heavy atom. The van der Waals surface area contributed by atoms with Crippen LogP contribution >= 0.6 is 0 Å². The van der Waals surface area contributed by atoms with Crippen molar-refractivity contribution in [1.29, 1.82) is 0 Å². The standard InChI is InChI=1S/C26H25N3O4/c1-3-32-24(30)26(15-16-26)14-13-19-9-11-21(12-10-19)22-17-27-29(2)23(22)28-25(31)33-18-20-7-5-4-6-8-20/h4-12,17H,3,15-16,18H2,1-2H3,(H,28,31). The SMILES string of the molecule is CCOC(=O)C1(C#Cc2ccc(-c3cnn(C)c3NC(=O)OCc3ccccc3)cc2)CC1. The van der Waals surface area contributed by atoms with Gasteiger partial charge in [0.15, 0.2) is 0 Å². The van der Waals surface area contributed by atoms with Crippen molar-refractivity contribution in [3.63, 3.8) is 0 Å². The first kappa shape index (κ1) is 22.2. The van der Waals surface area contributed by atoms with Crippen molar-refractivity contribution in [2.45, 2.75) is 26.4 Å². The highest BCUT2D eigenvalue weighted by Crippen LogP contribution is 2.46. The molecule has 1 saturated carbocycles. The van der Waals surface area contributed by atoms with E-state index in [4.69, 9.17) is 9.47 Å². The topological polar surface area (TPSA) is 82.5 Å². The Morgan fingerprint density at radius 2 is 1.82 bits per heavy atom. The first-order valence-electron chi connectivity index (χ1n) is 10.8. The molecule has 1 amide bonds. The summed E-state index contributed by atoms with van der Waals surface area (Å²) in [6.07, 6.45) is 2.61. The Morgan fingerprint density at radius 1 is 1.09 bits per heavy atom. The van der Waals surface area contributed by atoms with Crippen molar-refractivity contribution in [3.05, 3.63) is 71.9 Å². The third kappa shape index (κ3) is 5.24. The first-order chi connectivity index (χ1) is 16.0. The Kier molecular flexibility index (Phi) is 6.45. The summed E-state index contributed by atoms with van der Waals surface area (Å²) >= 11 is 0. The van der Waals surface area contributed by atoms with Crippen LogP contribution < -0.4 is 5.32 Å². The van der Waals surface area contributed by atoms with E-state index in [2.05, 4.69) is 22.3 Å². The van der Waals surface area contributed by atoms with Gasteiger partial charge in [-0.1, -0.05) is 54.3 Å². The van der Waals surface area contributed by atoms with Gasteiger partial charge in [-0.15, -0.1) is 0 Å². The maximum absolute atomic E-state index is 12.3. The molecule has 0 saturated heterocycles. The van der Waals surface area contributed by atoms with Crippen LogP contribution in [-0.2, 0) is 27.9 Å². The largest absolute Gasteiger partial charge is 0.465 e. The summed E-state index contributed by atoms with van der Waals surface area (Å²) in [7, 11) is 1.75. The number of carbonyl (C=O) groups excluding carboxylic acids is 2. The molecule has 0 bridgehead atoms. The van der Waals surface area contributed by atoms with E-state index < -0.39 is 11.5 Å². The van der Waals surface area contributed by atoms with Gasteiger partial charge >= 0.3 is 12.1 Å². The maximum atomic E-state index is 12.3. The summed E-state index contributed by atoms with van der Waals surface area (Å²) < 4.78 is 12.0. The monoisotopic (exact) mass is 443 g/mol. The number of ether oxygens (including phenoxy) is 2. The molecule has 7 nitrogen and oxygen atoms in total. The molecule has 7 heteroatoms. The number of amides is 1. The van der Waals surface area contributed by atoms with Crippen molar-refractivity contribution >= 4 is 17.9 Å². The Balaban J connectivity index is 1.43. The lowest BCUT2D eigenvalue weighted by Crippen LogP contribution is -2.17. The van der Waals surface area contributed by atoms with Crippen molar-refractivity contribution in [1.82, 2.24) is 9.78 Å². The van der Waals surface area contributed by atoms with Crippen LogP contribution in [0, 0.1) is 17.3 Å². The van der Waals surface area contributed by atoms with E-state index in [0.29, 0.717) is 12.4 Å². The molecule has 1 N–H and O–H groups in total. The number of rotatable bonds is 6. The Hall–Kier alpha value is -4.05. The quantitative estimate of drug-likeness (QED) is 0.447. The lowest BCUT2D eigenvalue weighted by Gasteiger charge is -2.10. The van der Waals surface area contributed by atoms with E-state index in [1.165, 1.54) is 0 Å². The highest BCUT2D eigenvalue weighted by molar-refractivity contribution is 5.90. The molecule has 168 valence electrons. The van der Waals surface area contributed by atoms with Crippen molar-refractivity contribution < 1.29 is 19.1 Å². The molecule has 1 aliphatic carbocycles. The third-order valence-corrected chi connectivity index (χ3v) is 5.43. The fourth-order valence-electron chi connectivity index (χ4n) is 3.35. The van der Waals surface area contributed by atoms with Crippen molar-refractivity contribution in [3.8, 4) is 23.0 Å². The minimum Gasteiger partial charge on any atom is -0.465 e. The van der Waals surface area contributed by atoms with Gasteiger partial charge in [-0.2, -0.15) is 5.10 Å². The number of anilines is 1. The number of hydrogen-bond acceptors (Lipinski definition) is 5. The van der Waals surface area contributed by atoms with E-state index in [-0.39, 0.29) is 12.6 Å². The molecule has 3 aromatic rings. The molecular weight excluding hydrogens is 418 g/mol. The molecule has 4 rings (SSSR count). The lowest BCUT2D eigenvalue weighted by molar-refractivity contribution is -0.147. The molecule has 33 heavy (non-hydrogen) atoms. The number of aryl methyl sites for hydroxylation is 1. The number of carbonyl (C=O) groups is 2. The number of aromatic nitrogens is 2. The normalized spacial score (nSPS) is 13.4. The summed E-state index contributed by atoms with van der Waals surface area (Å²) in [5, 5.41) is 7.05. The predicted octanol–water partition coefficient (Wildman–Crippen LogP) is 4.53. The molecule has 0 unspecified atom stereocenters. The molecule has 1 aliphatic rings. The van der Waals surface area contributed by atoms with Gasteiger partial charge in [-0.25, -0.2) is 4.79 Å². The van der Waals surface area contributed by atoms with E-state index in [1.54, 1.807) is 24.9 Å². The molecule has 2 aromatic carbocycles. The van der Waals surface area contributed by atoms with Crippen molar-refractivity contribution in [2.75, 3.05) is 11.9 Å². The Bertz CT molecular complexity index is 1200. The zero-order valence-electron chi connectivity index (χ0n) is 18.6. The minimum absolute atomic E-state index is 0.181. The zero-order valence-corrected chi connectivity index (χ0v) is 18.6. The second-order valence-corrected chi connectivity index (χ2v) is 7.85. The lowest BCUT2D eigenvalue weighted by atomic mass is 10.0. The van der Waals surface area contributed by atoms with Gasteiger partial charge in [0.1, 0.15) is 17.8 Å². The second-order valence-electron chi connectivity index (χ2n) is 7.85. The maximum Gasteiger partial charge on any atom is 0.413 e. The molecule has 0 radical (unpaired) electrons. The molecular formula is C26H25N3O4. The summed E-state index contributed by atoms with van der Waals surface area (Å²) in [4.78, 5) is 24.4. The summed E-state index contributed by atoms with van der Waals surface area (Å²) in [6.45, 7) is 2.34. The highest BCUT2D eigenvalue weighted by Gasteiger charge is 2.50. The summed E-state index contributed by atoms with van der Waals surface area (Å²) in [5.41, 5.74) is 2.70.